The van der Waals surface area contributed by atoms with E-state index in [2.05, 4.69) is 103 Å². The van der Waals surface area contributed by atoms with Gasteiger partial charge in [0.25, 0.3) is 0 Å². The van der Waals surface area contributed by atoms with E-state index in [9.17, 15) is 0 Å². The zero-order valence-corrected chi connectivity index (χ0v) is 20.5. The van der Waals surface area contributed by atoms with Crippen LogP contribution in [0.3, 0.4) is 0 Å². The summed E-state index contributed by atoms with van der Waals surface area (Å²) < 4.78 is 3.82. The summed E-state index contributed by atoms with van der Waals surface area (Å²) in [5.74, 6) is 0. The molecule has 0 aromatic carbocycles. The highest BCUT2D eigenvalue weighted by atomic mass is 15.6. The predicted octanol–water partition coefficient (Wildman–Crippen LogP) is 3.23. The Kier molecular flexibility index (Phi) is 6.23. The fraction of sp³-hybridized carbons (Fsp3) is 0.810. The zero-order valence-electron chi connectivity index (χ0n) is 20.5. The fourth-order valence-corrected chi connectivity index (χ4v) is 3.25. The van der Waals surface area contributed by atoms with E-state index in [1.165, 1.54) is 0 Å². The maximum atomic E-state index is 4.52. The molecule has 0 spiro atoms. The molecule has 0 N–H and O–H groups in total. The topological polar surface area (TPSA) is 92.6 Å². The molecule has 0 aliphatic carbocycles. The zero-order chi connectivity index (χ0) is 23.0. The highest BCUT2D eigenvalue weighted by Crippen LogP contribution is 2.22. The lowest BCUT2D eigenvalue weighted by molar-refractivity contribution is 0.146. The molecule has 1 unspecified atom stereocenters. The average molecular weight is 431 g/mol. The number of hydrogen-bond donors (Lipinski definition) is 0. The van der Waals surface area contributed by atoms with Crippen LogP contribution >= 0.6 is 0 Å². The van der Waals surface area contributed by atoms with Crippen molar-refractivity contribution in [3.63, 3.8) is 0 Å². The standard InChI is InChI=1S/C21H38N10/c1-19(2,3)29-13-16(22-25-29)10-28(11-17-14-30(26-23-17)20(4,5)6)12-18-15-31(27-24-18)21(7,8)9/h13-14,18H,10-12,15H2,1-9H3. The lowest BCUT2D eigenvalue weighted by atomic mass is 10.1. The first kappa shape index (κ1) is 23.3. The van der Waals surface area contributed by atoms with Gasteiger partial charge >= 0.3 is 0 Å². The molecule has 0 radical (unpaired) electrons. The van der Waals surface area contributed by atoms with Crippen LogP contribution in [0, 0.1) is 0 Å². The maximum absolute atomic E-state index is 4.52. The third-order valence-electron chi connectivity index (χ3n) is 5.18. The van der Waals surface area contributed by atoms with Crippen LogP contribution in [0.1, 0.15) is 73.7 Å². The molecular formula is C21H38N10. The average Bonchev–Trinajstić information content (AvgIpc) is 3.32. The number of rotatable bonds is 6. The van der Waals surface area contributed by atoms with Crippen molar-refractivity contribution < 1.29 is 0 Å². The summed E-state index contributed by atoms with van der Waals surface area (Å²) >= 11 is 0. The molecule has 31 heavy (non-hydrogen) atoms. The largest absolute Gasteiger partial charge is 0.289 e. The molecule has 3 rings (SSSR count). The van der Waals surface area contributed by atoms with Crippen LogP contribution < -0.4 is 0 Å². The van der Waals surface area contributed by atoms with Crippen molar-refractivity contribution in [2.75, 3.05) is 13.1 Å². The van der Waals surface area contributed by atoms with Gasteiger partial charge in [0.05, 0.1) is 46.9 Å². The molecule has 0 fully saturated rings. The number of hydrogen-bond acceptors (Lipinski definition) is 8. The van der Waals surface area contributed by atoms with Crippen molar-refractivity contribution in [3.8, 4) is 0 Å². The van der Waals surface area contributed by atoms with Gasteiger partial charge in [-0.25, -0.2) is 9.36 Å². The van der Waals surface area contributed by atoms with E-state index in [1.807, 2.05) is 21.8 Å². The van der Waals surface area contributed by atoms with Gasteiger partial charge in [0.1, 0.15) is 6.04 Å². The van der Waals surface area contributed by atoms with E-state index < -0.39 is 0 Å². The minimum atomic E-state index is -0.0988. The molecule has 1 atom stereocenters. The molecular weight excluding hydrogens is 392 g/mol. The lowest BCUT2D eigenvalue weighted by Crippen LogP contribution is -2.40. The van der Waals surface area contributed by atoms with Gasteiger partial charge < -0.3 is 0 Å². The molecule has 1 aliphatic rings. The van der Waals surface area contributed by atoms with Gasteiger partial charge in [-0.2, -0.15) is 5.11 Å². The Balaban J connectivity index is 1.75. The second-order valence-corrected chi connectivity index (χ2v) is 11.4. The summed E-state index contributed by atoms with van der Waals surface area (Å²) in [7, 11) is 0. The first-order valence-electron chi connectivity index (χ1n) is 11.0. The molecule has 172 valence electrons. The normalized spacial score (nSPS) is 17.9. The fourth-order valence-electron chi connectivity index (χ4n) is 3.25. The SMILES string of the molecule is CC(C)(C)N1CC(CN(Cc2cn(C(C)(C)C)nn2)Cc2cn(C(C)(C)C)nn2)N=N1. The number of nitrogens with zero attached hydrogens (tertiary/aromatic N) is 10. The van der Waals surface area contributed by atoms with Crippen LogP contribution in [0.25, 0.3) is 0 Å². The molecule has 0 saturated heterocycles. The van der Waals surface area contributed by atoms with Crippen molar-refractivity contribution in [2.45, 2.75) is 98.1 Å². The van der Waals surface area contributed by atoms with Gasteiger partial charge in [-0.15, -0.1) is 10.2 Å². The van der Waals surface area contributed by atoms with Crippen LogP contribution in [0.15, 0.2) is 22.7 Å². The summed E-state index contributed by atoms with van der Waals surface area (Å²) in [6.07, 6.45) is 4.05. The van der Waals surface area contributed by atoms with Gasteiger partial charge in [-0.1, -0.05) is 15.7 Å². The first-order valence-corrected chi connectivity index (χ1v) is 11.0. The highest BCUT2D eigenvalue weighted by Gasteiger charge is 2.30. The molecule has 3 heterocycles. The van der Waals surface area contributed by atoms with E-state index in [-0.39, 0.29) is 22.7 Å². The lowest BCUT2D eigenvalue weighted by Gasteiger charge is -2.29. The van der Waals surface area contributed by atoms with Crippen LogP contribution in [0.5, 0.6) is 0 Å². The maximum Gasteiger partial charge on any atom is 0.105 e. The quantitative estimate of drug-likeness (QED) is 0.698. The summed E-state index contributed by atoms with van der Waals surface area (Å²) in [6, 6.07) is 0.106. The predicted molar refractivity (Wildman–Crippen MR) is 119 cm³/mol. The van der Waals surface area contributed by atoms with E-state index in [0.29, 0.717) is 13.1 Å². The van der Waals surface area contributed by atoms with Crippen molar-refractivity contribution in [1.29, 1.82) is 0 Å². The van der Waals surface area contributed by atoms with Gasteiger partial charge in [-0.3, -0.25) is 9.91 Å². The van der Waals surface area contributed by atoms with Crippen molar-refractivity contribution in [3.05, 3.63) is 23.8 Å². The summed E-state index contributed by atoms with van der Waals surface area (Å²) in [5, 5.41) is 28.4. The molecule has 10 nitrogen and oxygen atoms in total. The number of aromatic nitrogens is 6. The Labute approximate surface area is 185 Å². The molecule has 1 aliphatic heterocycles. The van der Waals surface area contributed by atoms with Crippen LogP contribution in [-0.4, -0.2) is 64.6 Å². The van der Waals surface area contributed by atoms with Gasteiger partial charge in [-0.05, 0) is 62.3 Å². The van der Waals surface area contributed by atoms with E-state index >= 15 is 0 Å². The van der Waals surface area contributed by atoms with Crippen molar-refractivity contribution in [2.24, 2.45) is 10.3 Å². The summed E-state index contributed by atoms with van der Waals surface area (Å²) in [5.41, 5.74) is 1.63. The second kappa shape index (κ2) is 8.29. The van der Waals surface area contributed by atoms with E-state index in [0.717, 1.165) is 24.5 Å². The Morgan fingerprint density at radius 1 is 0.806 bits per heavy atom. The Hall–Kier alpha value is -2.36. The Morgan fingerprint density at radius 3 is 1.65 bits per heavy atom. The monoisotopic (exact) mass is 430 g/mol. The summed E-state index contributed by atoms with van der Waals surface area (Å²) in [6.45, 7) is 22.1. The molecule has 0 bridgehead atoms. The van der Waals surface area contributed by atoms with Crippen molar-refractivity contribution >= 4 is 0 Å². The first-order chi connectivity index (χ1) is 14.2. The second-order valence-electron chi connectivity index (χ2n) is 11.4. The van der Waals surface area contributed by atoms with Gasteiger partial charge in [0.15, 0.2) is 0 Å². The Bertz CT molecular complexity index is 836. The highest BCUT2D eigenvalue weighted by molar-refractivity contribution is 4.99. The molecule has 10 heteroatoms. The minimum absolute atomic E-state index is 0.0338. The smallest absolute Gasteiger partial charge is 0.105 e. The molecule has 0 saturated carbocycles. The van der Waals surface area contributed by atoms with Gasteiger partial charge in [0.2, 0.25) is 0 Å². The van der Waals surface area contributed by atoms with E-state index in [1.54, 1.807) is 0 Å². The third-order valence-corrected chi connectivity index (χ3v) is 5.18. The minimum Gasteiger partial charge on any atom is -0.289 e. The van der Waals surface area contributed by atoms with Gasteiger partial charge in [0, 0.05) is 19.6 Å². The van der Waals surface area contributed by atoms with E-state index in [4.69, 9.17) is 0 Å². The Morgan fingerprint density at radius 2 is 1.29 bits per heavy atom. The van der Waals surface area contributed by atoms with Crippen LogP contribution in [-0.2, 0) is 24.2 Å². The third kappa shape index (κ3) is 6.09. The van der Waals surface area contributed by atoms with Crippen LogP contribution in [0.2, 0.25) is 0 Å². The molecule has 2 aromatic heterocycles. The summed E-state index contributed by atoms with van der Waals surface area (Å²) in [4.78, 5) is 2.31. The molecule has 2 aromatic rings. The molecule has 0 amide bonds. The van der Waals surface area contributed by atoms with Crippen LogP contribution in [0.4, 0.5) is 0 Å². The van der Waals surface area contributed by atoms with Crippen molar-refractivity contribution in [1.82, 2.24) is 39.9 Å².